The van der Waals surface area contributed by atoms with Crippen molar-refractivity contribution < 1.29 is 14.2 Å². The fourth-order valence-corrected chi connectivity index (χ4v) is 1.96. The quantitative estimate of drug-likeness (QED) is 0.544. The van der Waals surface area contributed by atoms with Crippen LogP contribution in [0.2, 0.25) is 0 Å². The van der Waals surface area contributed by atoms with Crippen molar-refractivity contribution in [1.29, 1.82) is 0 Å². The van der Waals surface area contributed by atoms with Crippen LogP contribution in [-0.4, -0.2) is 49.8 Å². The first-order valence-electron chi connectivity index (χ1n) is 7.59. The highest BCUT2D eigenvalue weighted by atomic mass is 16.9. The lowest BCUT2D eigenvalue weighted by atomic mass is 10.2. The Morgan fingerprint density at radius 2 is 1.64 bits per heavy atom. The highest BCUT2D eigenvalue weighted by Crippen LogP contribution is 2.15. The maximum Gasteiger partial charge on any atom is 0.353 e. The van der Waals surface area contributed by atoms with Gasteiger partial charge in [-0.25, -0.2) is 0 Å². The van der Waals surface area contributed by atoms with E-state index in [0.29, 0.717) is 19.8 Å². The molecule has 0 saturated carbocycles. The Labute approximate surface area is 133 Å². The molecule has 0 aliphatic carbocycles. The number of ether oxygens (including phenoxy) is 3. The first kappa shape index (κ1) is 18.6. The van der Waals surface area contributed by atoms with E-state index in [1.165, 1.54) is 0 Å². The standard InChI is InChI=1S/C17H26N2O3/c1-6-20-17(21-7-2,22-8-3)10-9-15-11-16(13-18-12-15)14-19(4)5/h11-13H,6-8,14H2,1-5H3. The van der Waals surface area contributed by atoms with Gasteiger partial charge in [-0.3, -0.25) is 4.98 Å². The van der Waals surface area contributed by atoms with Gasteiger partial charge in [0.25, 0.3) is 0 Å². The van der Waals surface area contributed by atoms with Crippen LogP contribution >= 0.6 is 0 Å². The summed E-state index contributed by atoms with van der Waals surface area (Å²) in [6.07, 6.45) is 3.56. The van der Waals surface area contributed by atoms with E-state index in [2.05, 4.69) is 21.7 Å². The molecule has 1 aromatic heterocycles. The third-order valence-electron chi connectivity index (χ3n) is 2.66. The lowest BCUT2D eigenvalue weighted by molar-refractivity contribution is -0.339. The zero-order valence-electron chi connectivity index (χ0n) is 14.2. The molecular weight excluding hydrogens is 280 g/mol. The summed E-state index contributed by atoms with van der Waals surface area (Å²) in [6, 6.07) is 2.01. The van der Waals surface area contributed by atoms with Crippen LogP contribution in [-0.2, 0) is 20.8 Å². The van der Waals surface area contributed by atoms with Crippen LogP contribution in [0.5, 0.6) is 0 Å². The summed E-state index contributed by atoms with van der Waals surface area (Å²) in [5.74, 6) is 4.70. The van der Waals surface area contributed by atoms with Crippen LogP contribution < -0.4 is 0 Å². The molecular formula is C17H26N2O3. The molecule has 0 saturated heterocycles. The molecule has 22 heavy (non-hydrogen) atoms. The van der Waals surface area contributed by atoms with Crippen LogP contribution in [0.15, 0.2) is 18.5 Å². The van der Waals surface area contributed by atoms with Crippen molar-refractivity contribution in [2.24, 2.45) is 0 Å². The summed E-state index contributed by atoms with van der Waals surface area (Å²) in [7, 11) is 4.03. The highest BCUT2D eigenvalue weighted by molar-refractivity contribution is 5.35. The molecule has 5 nitrogen and oxygen atoms in total. The number of pyridine rings is 1. The van der Waals surface area contributed by atoms with Crippen LogP contribution in [0.4, 0.5) is 0 Å². The van der Waals surface area contributed by atoms with E-state index in [1.54, 1.807) is 6.20 Å². The van der Waals surface area contributed by atoms with Crippen LogP contribution in [0.25, 0.3) is 0 Å². The number of nitrogens with zero attached hydrogens (tertiary/aromatic N) is 2. The van der Waals surface area contributed by atoms with Gasteiger partial charge >= 0.3 is 5.97 Å². The summed E-state index contributed by atoms with van der Waals surface area (Å²) in [5, 5.41) is 0. The normalized spacial score (nSPS) is 11.4. The van der Waals surface area contributed by atoms with Crippen molar-refractivity contribution in [2.45, 2.75) is 33.3 Å². The Balaban J connectivity index is 3.00. The fourth-order valence-electron chi connectivity index (χ4n) is 1.96. The van der Waals surface area contributed by atoms with Gasteiger partial charge < -0.3 is 19.1 Å². The number of hydrogen-bond donors (Lipinski definition) is 0. The summed E-state index contributed by atoms with van der Waals surface area (Å²) in [5.41, 5.74) is 1.91. The predicted octanol–water partition coefficient (Wildman–Crippen LogP) is 2.26. The van der Waals surface area contributed by atoms with Gasteiger partial charge in [-0.15, -0.1) is 0 Å². The van der Waals surface area contributed by atoms with E-state index >= 15 is 0 Å². The van der Waals surface area contributed by atoms with Crippen molar-refractivity contribution in [1.82, 2.24) is 9.88 Å². The van der Waals surface area contributed by atoms with E-state index in [0.717, 1.165) is 17.7 Å². The van der Waals surface area contributed by atoms with Gasteiger partial charge in [-0.2, -0.15) is 0 Å². The molecule has 0 amide bonds. The summed E-state index contributed by atoms with van der Waals surface area (Å²) < 4.78 is 16.7. The Kier molecular flexibility index (Phi) is 8.07. The molecule has 0 aliphatic rings. The van der Waals surface area contributed by atoms with E-state index in [-0.39, 0.29) is 0 Å². The molecule has 0 N–H and O–H groups in total. The van der Waals surface area contributed by atoms with Gasteiger partial charge in [-0.05, 0) is 52.4 Å². The molecule has 1 heterocycles. The zero-order chi connectivity index (χ0) is 16.4. The number of aromatic nitrogens is 1. The zero-order valence-corrected chi connectivity index (χ0v) is 14.2. The van der Waals surface area contributed by atoms with Crippen LogP contribution in [0, 0.1) is 11.8 Å². The fraction of sp³-hybridized carbons (Fsp3) is 0.588. The molecule has 0 aromatic carbocycles. The topological polar surface area (TPSA) is 43.8 Å². The van der Waals surface area contributed by atoms with E-state index in [9.17, 15) is 0 Å². The van der Waals surface area contributed by atoms with Gasteiger partial charge in [0.05, 0.1) is 19.8 Å². The van der Waals surface area contributed by atoms with Crippen LogP contribution in [0.3, 0.4) is 0 Å². The lowest BCUT2D eigenvalue weighted by Crippen LogP contribution is -2.38. The maximum atomic E-state index is 5.58. The summed E-state index contributed by atoms with van der Waals surface area (Å²) in [4.78, 5) is 6.31. The van der Waals surface area contributed by atoms with Gasteiger partial charge in [-0.1, -0.05) is 5.92 Å². The molecule has 0 spiro atoms. The molecule has 0 radical (unpaired) electrons. The molecule has 0 bridgehead atoms. The van der Waals surface area contributed by atoms with Crippen LogP contribution in [0.1, 0.15) is 31.9 Å². The lowest BCUT2D eigenvalue weighted by Gasteiger charge is -2.26. The minimum absolute atomic E-state index is 0.452. The number of rotatable bonds is 8. The average molecular weight is 306 g/mol. The smallest absolute Gasteiger partial charge is 0.317 e. The predicted molar refractivity (Wildman–Crippen MR) is 86.1 cm³/mol. The Hall–Kier alpha value is -1.45. The maximum absolute atomic E-state index is 5.58. The van der Waals surface area contributed by atoms with Gasteiger partial charge in [0.1, 0.15) is 0 Å². The van der Waals surface area contributed by atoms with E-state index in [1.807, 2.05) is 47.1 Å². The average Bonchev–Trinajstić information content (AvgIpc) is 2.46. The minimum Gasteiger partial charge on any atom is -0.317 e. The molecule has 1 aromatic rings. The Bertz CT molecular complexity index is 489. The third kappa shape index (κ3) is 6.12. The molecule has 5 heteroatoms. The minimum atomic E-state index is -1.31. The second kappa shape index (κ2) is 9.54. The van der Waals surface area contributed by atoms with Gasteiger partial charge in [0.2, 0.25) is 0 Å². The first-order chi connectivity index (χ1) is 10.5. The Morgan fingerprint density at radius 3 is 2.14 bits per heavy atom. The largest absolute Gasteiger partial charge is 0.353 e. The number of hydrogen-bond acceptors (Lipinski definition) is 5. The van der Waals surface area contributed by atoms with Crippen molar-refractivity contribution in [3.05, 3.63) is 29.6 Å². The van der Waals surface area contributed by atoms with Gasteiger partial charge in [0.15, 0.2) is 0 Å². The van der Waals surface area contributed by atoms with Gasteiger partial charge in [0, 0.05) is 24.5 Å². The molecule has 1 rings (SSSR count). The van der Waals surface area contributed by atoms with E-state index < -0.39 is 5.97 Å². The molecule has 0 fully saturated rings. The monoisotopic (exact) mass is 306 g/mol. The second-order valence-electron chi connectivity index (χ2n) is 4.92. The van der Waals surface area contributed by atoms with Crippen molar-refractivity contribution in [3.63, 3.8) is 0 Å². The molecule has 0 unspecified atom stereocenters. The Morgan fingerprint density at radius 1 is 1.05 bits per heavy atom. The second-order valence-corrected chi connectivity index (χ2v) is 4.92. The molecule has 0 aliphatic heterocycles. The van der Waals surface area contributed by atoms with Crippen molar-refractivity contribution in [2.75, 3.05) is 33.9 Å². The van der Waals surface area contributed by atoms with E-state index in [4.69, 9.17) is 14.2 Å². The summed E-state index contributed by atoms with van der Waals surface area (Å²) >= 11 is 0. The van der Waals surface area contributed by atoms with Crippen molar-refractivity contribution >= 4 is 0 Å². The van der Waals surface area contributed by atoms with Crippen molar-refractivity contribution in [3.8, 4) is 11.8 Å². The molecule has 122 valence electrons. The highest BCUT2D eigenvalue weighted by Gasteiger charge is 2.30. The third-order valence-corrected chi connectivity index (χ3v) is 2.66. The molecule has 0 atom stereocenters. The first-order valence-corrected chi connectivity index (χ1v) is 7.59. The SMILES string of the molecule is CCOC(C#Cc1cncc(CN(C)C)c1)(OCC)OCC. The summed E-state index contributed by atoms with van der Waals surface area (Å²) in [6.45, 7) is 7.82.